The summed E-state index contributed by atoms with van der Waals surface area (Å²) in [5, 5.41) is 0. The van der Waals surface area contributed by atoms with Gasteiger partial charge in [-0.3, -0.25) is 4.79 Å². The van der Waals surface area contributed by atoms with Crippen LogP contribution in [0.5, 0.6) is 0 Å². The van der Waals surface area contributed by atoms with E-state index in [4.69, 9.17) is 9.47 Å². The molecular weight excluding hydrogens is 254 g/mol. The molecule has 0 radical (unpaired) electrons. The maximum Gasteiger partial charge on any atom is 0.254 e. The van der Waals surface area contributed by atoms with E-state index in [1.54, 1.807) is 7.11 Å². The summed E-state index contributed by atoms with van der Waals surface area (Å²) in [4.78, 5) is 14.6. The molecule has 0 N–H and O–H groups in total. The van der Waals surface area contributed by atoms with E-state index in [2.05, 4.69) is 12.1 Å². The van der Waals surface area contributed by atoms with Gasteiger partial charge in [-0.25, -0.2) is 0 Å². The van der Waals surface area contributed by atoms with Gasteiger partial charge in [-0.1, -0.05) is 6.07 Å². The number of aryl methyl sites for hydroxylation is 2. The molecule has 1 aromatic rings. The lowest BCUT2D eigenvalue weighted by Gasteiger charge is -2.35. The van der Waals surface area contributed by atoms with Crippen LogP contribution in [0.2, 0.25) is 0 Å². The molecule has 1 aliphatic carbocycles. The van der Waals surface area contributed by atoms with Crippen molar-refractivity contribution in [1.29, 1.82) is 0 Å². The monoisotopic (exact) mass is 275 g/mol. The third-order valence-corrected chi connectivity index (χ3v) is 4.19. The van der Waals surface area contributed by atoms with E-state index >= 15 is 0 Å². The Morgan fingerprint density at radius 2 is 2.25 bits per heavy atom. The first-order chi connectivity index (χ1) is 9.79. The molecule has 1 unspecified atom stereocenters. The summed E-state index contributed by atoms with van der Waals surface area (Å²) in [6, 6.07) is 6.17. The smallest absolute Gasteiger partial charge is 0.254 e. The molecule has 4 heteroatoms. The van der Waals surface area contributed by atoms with Gasteiger partial charge in [-0.05, 0) is 42.5 Å². The lowest BCUT2D eigenvalue weighted by Crippen LogP contribution is -2.50. The van der Waals surface area contributed by atoms with Crippen LogP contribution >= 0.6 is 0 Å². The molecular formula is C16H21NO3. The molecule has 0 aromatic heterocycles. The number of rotatable bonds is 3. The number of hydrogen-bond acceptors (Lipinski definition) is 3. The van der Waals surface area contributed by atoms with Crippen molar-refractivity contribution in [3.63, 3.8) is 0 Å². The minimum Gasteiger partial charge on any atom is -0.382 e. The van der Waals surface area contributed by atoms with Crippen molar-refractivity contribution in [2.45, 2.75) is 25.3 Å². The molecule has 1 saturated heterocycles. The number of carbonyl (C=O) groups is 1. The predicted molar refractivity (Wildman–Crippen MR) is 76.0 cm³/mol. The van der Waals surface area contributed by atoms with Crippen molar-refractivity contribution in [3.8, 4) is 0 Å². The number of carbonyl (C=O) groups excluding carboxylic acids is 1. The van der Waals surface area contributed by atoms with E-state index in [1.165, 1.54) is 17.5 Å². The van der Waals surface area contributed by atoms with Crippen LogP contribution < -0.4 is 0 Å². The summed E-state index contributed by atoms with van der Waals surface area (Å²) in [6.07, 6.45) is 3.45. The standard InChI is InChI=1S/C16H21NO3/c1-19-10-15-11-20-8-7-17(15)16(18)14-6-5-12-3-2-4-13(12)9-14/h5-6,9,15H,2-4,7-8,10-11H2,1H3. The largest absolute Gasteiger partial charge is 0.382 e. The van der Waals surface area contributed by atoms with Crippen molar-refractivity contribution < 1.29 is 14.3 Å². The van der Waals surface area contributed by atoms with Crippen LogP contribution in [0.1, 0.15) is 27.9 Å². The first kappa shape index (κ1) is 13.6. The van der Waals surface area contributed by atoms with Crippen LogP contribution in [-0.2, 0) is 22.3 Å². The fraction of sp³-hybridized carbons (Fsp3) is 0.562. The van der Waals surface area contributed by atoms with Crippen LogP contribution in [0.15, 0.2) is 18.2 Å². The van der Waals surface area contributed by atoms with Crippen molar-refractivity contribution in [3.05, 3.63) is 34.9 Å². The average Bonchev–Trinajstić information content (AvgIpc) is 2.95. The highest BCUT2D eigenvalue weighted by molar-refractivity contribution is 5.94. The molecule has 1 heterocycles. The Kier molecular flexibility index (Phi) is 4.03. The molecule has 1 amide bonds. The number of hydrogen-bond donors (Lipinski definition) is 0. The Morgan fingerprint density at radius 1 is 1.40 bits per heavy atom. The van der Waals surface area contributed by atoms with Gasteiger partial charge in [-0.15, -0.1) is 0 Å². The molecule has 1 atom stereocenters. The van der Waals surface area contributed by atoms with E-state index in [-0.39, 0.29) is 11.9 Å². The summed E-state index contributed by atoms with van der Waals surface area (Å²) >= 11 is 0. The fourth-order valence-corrected chi connectivity index (χ4v) is 3.12. The first-order valence-corrected chi connectivity index (χ1v) is 7.29. The van der Waals surface area contributed by atoms with Crippen molar-refractivity contribution in [1.82, 2.24) is 4.90 Å². The van der Waals surface area contributed by atoms with Crippen molar-refractivity contribution >= 4 is 5.91 Å². The van der Waals surface area contributed by atoms with Crippen LogP contribution in [0.25, 0.3) is 0 Å². The molecule has 3 rings (SSSR count). The number of methoxy groups -OCH3 is 1. The summed E-state index contributed by atoms with van der Waals surface area (Å²) in [7, 11) is 1.66. The fourth-order valence-electron chi connectivity index (χ4n) is 3.12. The number of ether oxygens (including phenoxy) is 2. The number of nitrogens with zero attached hydrogens (tertiary/aromatic N) is 1. The third-order valence-electron chi connectivity index (χ3n) is 4.19. The van der Waals surface area contributed by atoms with Gasteiger partial charge in [-0.2, -0.15) is 0 Å². The van der Waals surface area contributed by atoms with Gasteiger partial charge < -0.3 is 14.4 Å². The van der Waals surface area contributed by atoms with Crippen LogP contribution in [0.4, 0.5) is 0 Å². The predicted octanol–water partition coefficient (Wildman–Crippen LogP) is 1.66. The molecule has 1 aliphatic heterocycles. The van der Waals surface area contributed by atoms with E-state index < -0.39 is 0 Å². The first-order valence-electron chi connectivity index (χ1n) is 7.29. The van der Waals surface area contributed by atoms with E-state index in [0.717, 1.165) is 18.4 Å². The highest BCUT2D eigenvalue weighted by Gasteiger charge is 2.28. The van der Waals surface area contributed by atoms with Gasteiger partial charge in [0.25, 0.3) is 5.91 Å². The van der Waals surface area contributed by atoms with E-state index in [9.17, 15) is 4.79 Å². The zero-order chi connectivity index (χ0) is 13.9. The van der Waals surface area contributed by atoms with Gasteiger partial charge in [0.2, 0.25) is 0 Å². The summed E-state index contributed by atoms with van der Waals surface area (Å²) in [5.41, 5.74) is 3.54. The second-order valence-electron chi connectivity index (χ2n) is 5.52. The maximum atomic E-state index is 12.7. The van der Waals surface area contributed by atoms with Crippen LogP contribution in [-0.4, -0.2) is 50.3 Å². The Bertz CT molecular complexity index is 498. The Labute approximate surface area is 119 Å². The van der Waals surface area contributed by atoms with Gasteiger partial charge in [0, 0.05) is 19.2 Å². The number of benzene rings is 1. The number of amides is 1. The molecule has 4 nitrogen and oxygen atoms in total. The molecule has 108 valence electrons. The molecule has 1 aromatic carbocycles. The van der Waals surface area contributed by atoms with Crippen LogP contribution in [0, 0.1) is 0 Å². The topological polar surface area (TPSA) is 38.8 Å². The third kappa shape index (κ3) is 2.58. The molecule has 0 saturated carbocycles. The van der Waals surface area contributed by atoms with E-state index in [1.807, 2.05) is 11.0 Å². The zero-order valence-corrected chi connectivity index (χ0v) is 11.9. The van der Waals surface area contributed by atoms with E-state index in [0.29, 0.717) is 26.4 Å². The summed E-state index contributed by atoms with van der Waals surface area (Å²) in [6.45, 7) is 2.34. The molecule has 20 heavy (non-hydrogen) atoms. The maximum absolute atomic E-state index is 12.7. The van der Waals surface area contributed by atoms with Crippen molar-refractivity contribution in [2.75, 3.05) is 33.5 Å². The Morgan fingerprint density at radius 3 is 3.10 bits per heavy atom. The molecule has 2 aliphatic rings. The highest BCUT2D eigenvalue weighted by atomic mass is 16.5. The zero-order valence-electron chi connectivity index (χ0n) is 11.9. The van der Waals surface area contributed by atoms with Gasteiger partial charge >= 0.3 is 0 Å². The summed E-state index contributed by atoms with van der Waals surface area (Å²) in [5.74, 6) is 0.102. The summed E-state index contributed by atoms with van der Waals surface area (Å²) < 4.78 is 10.6. The quantitative estimate of drug-likeness (QED) is 0.842. The lowest BCUT2D eigenvalue weighted by molar-refractivity contribution is -0.0251. The highest BCUT2D eigenvalue weighted by Crippen LogP contribution is 2.24. The molecule has 0 bridgehead atoms. The SMILES string of the molecule is COCC1COCCN1C(=O)c1ccc2c(c1)CCC2. The second kappa shape index (κ2) is 5.94. The second-order valence-corrected chi connectivity index (χ2v) is 5.52. The number of fused-ring (bicyclic) bond motifs is 1. The Balaban J connectivity index is 1.80. The Hall–Kier alpha value is -1.39. The lowest BCUT2D eigenvalue weighted by atomic mass is 10.0. The number of morpholine rings is 1. The van der Waals surface area contributed by atoms with Crippen molar-refractivity contribution in [2.24, 2.45) is 0 Å². The molecule has 0 spiro atoms. The average molecular weight is 275 g/mol. The van der Waals surface area contributed by atoms with Gasteiger partial charge in [0.15, 0.2) is 0 Å². The molecule has 1 fully saturated rings. The minimum absolute atomic E-state index is 0.0227. The van der Waals surface area contributed by atoms with Crippen LogP contribution in [0.3, 0.4) is 0 Å². The van der Waals surface area contributed by atoms with Gasteiger partial charge in [0.05, 0.1) is 25.9 Å². The van der Waals surface area contributed by atoms with Gasteiger partial charge in [0.1, 0.15) is 0 Å². The minimum atomic E-state index is 0.0227. The normalized spacial score (nSPS) is 21.9.